The van der Waals surface area contributed by atoms with E-state index in [0.717, 1.165) is 10.9 Å². The summed E-state index contributed by atoms with van der Waals surface area (Å²) in [5.41, 5.74) is 2.24. The highest BCUT2D eigenvalue weighted by molar-refractivity contribution is 5.84. The first-order valence-electron chi connectivity index (χ1n) is 3.80. The molecule has 1 N–H and O–H groups in total. The van der Waals surface area contributed by atoms with Crippen molar-refractivity contribution in [1.82, 2.24) is 10.2 Å². The molecule has 1 heterocycles. The molecule has 0 radical (unpaired) electrons. The van der Waals surface area contributed by atoms with Crippen LogP contribution in [0.3, 0.4) is 0 Å². The van der Waals surface area contributed by atoms with Crippen molar-refractivity contribution in [3.8, 4) is 5.88 Å². The number of ether oxygens (including phenoxy) is 1. The lowest BCUT2D eigenvalue weighted by Gasteiger charge is -1.93. The van der Waals surface area contributed by atoms with Gasteiger partial charge in [-0.3, -0.25) is 5.10 Å². The molecule has 0 atom stereocenters. The van der Waals surface area contributed by atoms with E-state index in [-0.39, 0.29) is 0 Å². The number of nitrogens with zero attached hydrogens (tertiary/aromatic N) is 1. The van der Waals surface area contributed by atoms with E-state index in [4.69, 9.17) is 4.74 Å². The SMILES string of the molecule is COc1n[nH]c2cc(C)ccc12. The fraction of sp³-hybridized carbons (Fsp3) is 0.222. The highest BCUT2D eigenvalue weighted by Crippen LogP contribution is 2.22. The molecule has 0 amide bonds. The molecule has 0 aliphatic rings. The molecule has 12 heavy (non-hydrogen) atoms. The predicted molar refractivity (Wildman–Crippen MR) is 47.4 cm³/mol. The summed E-state index contributed by atoms with van der Waals surface area (Å²) in [6, 6.07) is 6.10. The maximum absolute atomic E-state index is 5.06. The second-order valence-electron chi connectivity index (χ2n) is 2.78. The molecular formula is C9H10N2O. The normalized spacial score (nSPS) is 10.5. The molecule has 0 unspecified atom stereocenters. The van der Waals surface area contributed by atoms with Crippen LogP contribution in [0.5, 0.6) is 5.88 Å². The number of fused-ring (bicyclic) bond motifs is 1. The first kappa shape index (κ1) is 7.16. The number of methoxy groups -OCH3 is 1. The fourth-order valence-electron chi connectivity index (χ4n) is 1.26. The fourth-order valence-corrected chi connectivity index (χ4v) is 1.26. The quantitative estimate of drug-likeness (QED) is 0.695. The summed E-state index contributed by atoms with van der Waals surface area (Å²) in [6.45, 7) is 2.05. The molecule has 0 saturated heterocycles. The Bertz CT molecular complexity index is 406. The second kappa shape index (κ2) is 2.52. The van der Waals surface area contributed by atoms with Crippen LogP contribution >= 0.6 is 0 Å². The Morgan fingerprint density at radius 3 is 3.00 bits per heavy atom. The summed E-state index contributed by atoms with van der Waals surface area (Å²) in [6.07, 6.45) is 0. The molecule has 0 bridgehead atoms. The zero-order chi connectivity index (χ0) is 8.55. The van der Waals surface area contributed by atoms with Crippen molar-refractivity contribution in [2.45, 2.75) is 6.92 Å². The van der Waals surface area contributed by atoms with E-state index < -0.39 is 0 Å². The van der Waals surface area contributed by atoms with Gasteiger partial charge in [-0.1, -0.05) is 6.07 Å². The monoisotopic (exact) mass is 162 g/mol. The molecule has 3 nitrogen and oxygen atoms in total. The number of H-pyrrole nitrogens is 1. The Balaban J connectivity index is 2.73. The lowest BCUT2D eigenvalue weighted by Crippen LogP contribution is -1.81. The van der Waals surface area contributed by atoms with Gasteiger partial charge in [-0.25, -0.2) is 0 Å². The van der Waals surface area contributed by atoms with Gasteiger partial charge in [0.15, 0.2) is 0 Å². The van der Waals surface area contributed by atoms with Crippen molar-refractivity contribution < 1.29 is 4.74 Å². The third kappa shape index (κ3) is 0.942. The average molecular weight is 162 g/mol. The number of nitrogens with one attached hydrogen (secondary N) is 1. The average Bonchev–Trinajstić information content (AvgIpc) is 2.46. The Morgan fingerprint density at radius 2 is 2.25 bits per heavy atom. The first-order valence-corrected chi connectivity index (χ1v) is 3.80. The number of aromatic amines is 1. The summed E-state index contributed by atoms with van der Waals surface area (Å²) in [7, 11) is 1.62. The van der Waals surface area contributed by atoms with Crippen LogP contribution in [0.4, 0.5) is 0 Å². The van der Waals surface area contributed by atoms with Gasteiger partial charge in [0.05, 0.1) is 18.0 Å². The number of aromatic nitrogens is 2. The van der Waals surface area contributed by atoms with Crippen molar-refractivity contribution in [3.63, 3.8) is 0 Å². The lowest BCUT2D eigenvalue weighted by molar-refractivity contribution is 0.401. The number of hydrogen-bond acceptors (Lipinski definition) is 2. The van der Waals surface area contributed by atoms with Crippen LogP contribution in [0.25, 0.3) is 10.9 Å². The summed E-state index contributed by atoms with van der Waals surface area (Å²) >= 11 is 0. The third-order valence-corrected chi connectivity index (χ3v) is 1.88. The van der Waals surface area contributed by atoms with Crippen molar-refractivity contribution in [2.24, 2.45) is 0 Å². The summed E-state index contributed by atoms with van der Waals surface area (Å²) < 4.78 is 5.06. The minimum Gasteiger partial charge on any atom is -0.480 e. The molecule has 62 valence electrons. The maximum atomic E-state index is 5.06. The van der Waals surface area contributed by atoms with Gasteiger partial charge in [0.1, 0.15) is 0 Å². The van der Waals surface area contributed by atoms with Crippen molar-refractivity contribution in [2.75, 3.05) is 7.11 Å². The lowest BCUT2D eigenvalue weighted by atomic mass is 10.2. The van der Waals surface area contributed by atoms with Gasteiger partial charge in [-0.2, -0.15) is 0 Å². The van der Waals surface area contributed by atoms with Crippen molar-refractivity contribution >= 4 is 10.9 Å². The van der Waals surface area contributed by atoms with Crippen LogP contribution in [-0.4, -0.2) is 17.3 Å². The zero-order valence-corrected chi connectivity index (χ0v) is 7.09. The molecule has 2 rings (SSSR count). The van der Waals surface area contributed by atoms with E-state index in [1.807, 2.05) is 25.1 Å². The molecule has 0 aliphatic carbocycles. The summed E-state index contributed by atoms with van der Waals surface area (Å²) in [5.74, 6) is 0.657. The van der Waals surface area contributed by atoms with Gasteiger partial charge in [0.25, 0.3) is 0 Å². The van der Waals surface area contributed by atoms with Crippen molar-refractivity contribution in [3.05, 3.63) is 23.8 Å². The summed E-state index contributed by atoms with van der Waals surface area (Å²) in [4.78, 5) is 0. The number of rotatable bonds is 1. The highest BCUT2D eigenvalue weighted by atomic mass is 16.5. The van der Waals surface area contributed by atoms with E-state index in [0.29, 0.717) is 5.88 Å². The van der Waals surface area contributed by atoms with E-state index in [9.17, 15) is 0 Å². The molecule has 2 aromatic rings. The Morgan fingerprint density at radius 1 is 1.42 bits per heavy atom. The van der Waals surface area contributed by atoms with Crippen molar-refractivity contribution in [1.29, 1.82) is 0 Å². The van der Waals surface area contributed by atoms with Crippen LogP contribution in [0.1, 0.15) is 5.56 Å². The maximum Gasteiger partial charge on any atom is 0.240 e. The van der Waals surface area contributed by atoms with E-state index >= 15 is 0 Å². The Hall–Kier alpha value is -1.51. The Kier molecular flexibility index (Phi) is 1.50. The second-order valence-corrected chi connectivity index (χ2v) is 2.78. The molecule has 0 saturated carbocycles. The van der Waals surface area contributed by atoms with Crippen LogP contribution in [-0.2, 0) is 0 Å². The molecular weight excluding hydrogens is 152 g/mol. The number of hydrogen-bond donors (Lipinski definition) is 1. The molecule has 0 aliphatic heterocycles. The van der Waals surface area contributed by atoms with Gasteiger partial charge in [-0.15, -0.1) is 5.10 Å². The van der Waals surface area contributed by atoms with Gasteiger partial charge in [0.2, 0.25) is 5.88 Å². The van der Waals surface area contributed by atoms with Gasteiger partial charge in [0, 0.05) is 0 Å². The molecule has 1 aromatic heterocycles. The predicted octanol–water partition coefficient (Wildman–Crippen LogP) is 1.88. The van der Waals surface area contributed by atoms with E-state index in [1.54, 1.807) is 7.11 Å². The molecule has 0 spiro atoms. The topological polar surface area (TPSA) is 37.9 Å². The minimum atomic E-state index is 0.657. The smallest absolute Gasteiger partial charge is 0.240 e. The van der Waals surface area contributed by atoms with Crippen LogP contribution in [0, 0.1) is 6.92 Å². The van der Waals surface area contributed by atoms with Crippen LogP contribution in [0.15, 0.2) is 18.2 Å². The molecule has 3 heteroatoms. The number of benzene rings is 1. The number of aryl methyl sites for hydroxylation is 1. The van der Waals surface area contributed by atoms with E-state index in [2.05, 4.69) is 10.2 Å². The minimum absolute atomic E-state index is 0.657. The molecule has 1 aromatic carbocycles. The molecule has 0 fully saturated rings. The standard InChI is InChI=1S/C9H10N2O/c1-6-3-4-7-8(5-6)10-11-9(7)12-2/h3-5H,1-2H3,(H,10,11). The van der Waals surface area contributed by atoms with Crippen LogP contribution < -0.4 is 4.74 Å². The van der Waals surface area contributed by atoms with Gasteiger partial charge < -0.3 is 4.74 Å². The first-order chi connectivity index (χ1) is 5.81. The zero-order valence-electron chi connectivity index (χ0n) is 7.09. The Labute approximate surface area is 70.4 Å². The largest absolute Gasteiger partial charge is 0.480 e. The summed E-state index contributed by atoms with van der Waals surface area (Å²) in [5, 5.41) is 7.94. The van der Waals surface area contributed by atoms with E-state index in [1.165, 1.54) is 5.56 Å². The van der Waals surface area contributed by atoms with Crippen LogP contribution in [0.2, 0.25) is 0 Å². The van der Waals surface area contributed by atoms with Gasteiger partial charge in [-0.05, 0) is 24.6 Å². The third-order valence-electron chi connectivity index (χ3n) is 1.88. The highest BCUT2D eigenvalue weighted by Gasteiger charge is 2.03. The van der Waals surface area contributed by atoms with Gasteiger partial charge >= 0.3 is 0 Å².